The molecule has 3 heterocycles. The third-order valence-electron chi connectivity index (χ3n) is 5.80. The number of anilines is 2. The number of amides is 2. The van der Waals surface area contributed by atoms with Gasteiger partial charge in [0.2, 0.25) is 11.8 Å². The number of aromatic nitrogens is 1. The van der Waals surface area contributed by atoms with Crippen molar-refractivity contribution in [1.82, 2.24) is 9.88 Å². The lowest BCUT2D eigenvalue weighted by atomic mass is 10.1. The van der Waals surface area contributed by atoms with Crippen molar-refractivity contribution in [3.05, 3.63) is 59.5 Å². The number of fused-ring (bicyclic) bond motifs is 2. The maximum Gasteiger partial charge on any atom is 0.471 e. The second kappa shape index (κ2) is 10.2. The number of furan rings is 1. The average Bonchev–Trinajstić information content (AvgIpc) is 3.06. The quantitative estimate of drug-likeness (QED) is 0.319. The van der Waals surface area contributed by atoms with E-state index in [1.54, 1.807) is 26.1 Å². The largest absolute Gasteiger partial charge is 0.471 e. The summed E-state index contributed by atoms with van der Waals surface area (Å²) < 4.78 is 21.6. The van der Waals surface area contributed by atoms with Crippen LogP contribution in [0.2, 0.25) is 0 Å². The average molecular weight is 514 g/mol. The third kappa shape index (κ3) is 5.83. The lowest BCUT2D eigenvalue weighted by Gasteiger charge is -2.21. The van der Waals surface area contributed by atoms with Gasteiger partial charge in [0, 0.05) is 42.7 Å². The summed E-state index contributed by atoms with van der Waals surface area (Å²) in [5.74, 6) is 0.264. The minimum Gasteiger partial charge on any atom is -0.459 e. The molecule has 0 saturated carbocycles. The monoisotopic (exact) mass is 514 g/mol. The molecule has 1 unspecified atom stereocenters. The number of likely N-dealkylation sites (N-methyl/N-ethyl adjacent to an activating group) is 1. The van der Waals surface area contributed by atoms with E-state index in [0.29, 0.717) is 23.6 Å². The van der Waals surface area contributed by atoms with Crippen molar-refractivity contribution in [3.63, 3.8) is 0 Å². The molecule has 1 aliphatic rings. The van der Waals surface area contributed by atoms with Crippen LogP contribution in [0.1, 0.15) is 30.2 Å². The number of para-hydroxylation sites is 1. The molecule has 3 N–H and O–H groups in total. The van der Waals surface area contributed by atoms with Crippen LogP contribution in [-0.4, -0.2) is 51.3 Å². The molecule has 190 valence electrons. The van der Waals surface area contributed by atoms with Gasteiger partial charge in [0.15, 0.2) is 5.82 Å². The molecule has 2 aromatic heterocycles. The van der Waals surface area contributed by atoms with Gasteiger partial charge < -0.3 is 24.4 Å². The van der Waals surface area contributed by atoms with Crippen molar-refractivity contribution < 1.29 is 32.9 Å². The number of benzene rings is 1. The summed E-state index contributed by atoms with van der Waals surface area (Å²) in [5.41, 5.74) is 2.84. The number of hydrogen-bond acceptors (Lipinski definition) is 7. The number of carbonyl (C=O) groups is 2. The van der Waals surface area contributed by atoms with Gasteiger partial charge in [-0.05, 0) is 37.6 Å². The lowest BCUT2D eigenvalue weighted by molar-refractivity contribution is -0.125. The number of nitrogens with zero attached hydrogens (tertiary/aromatic N) is 3. The summed E-state index contributed by atoms with van der Waals surface area (Å²) in [6.45, 7) is 3.43. The van der Waals surface area contributed by atoms with Crippen molar-refractivity contribution in [1.29, 1.82) is 0 Å². The Kier molecular flexibility index (Phi) is 7.28. The highest BCUT2D eigenvalue weighted by atomic mass is 31.2. The summed E-state index contributed by atoms with van der Waals surface area (Å²) in [5, 5.41) is 4.18. The van der Waals surface area contributed by atoms with Gasteiger partial charge >= 0.3 is 7.82 Å². The molecule has 0 bridgehead atoms. The summed E-state index contributed by atoms with van der Waals surface area (Å²) in [4.78, 5) is 50.2. The Morgan fingerprint density at radius 1 is 1.39 bits per heavy atom. The molecule has 1 aliphatic heterocycles. The molecule has 11 nitrogen and oxygen atoms in total. The van der Waals surface area contributed by atoms with E-state index in [4.69, 9.17) is 14.2 Å². The Morgan fingerprint density at radius 3 is 2.86 bits per heavy atom. The number of nitrogens with one attached hydrogen (secondary N) is 1. The van der Waals surface area contributed by atoms with E-state index >= 15 is 0 Å². The molecule has 3 aromatic rings. The Balaban J connectivity index is 1.49. The SMILES string of the molecule is Cc1c(CN(C)C(=O)C=Cc2cnc3c(c2)NC(C)CC(=O)N3COP(=O)(O)O)oc2ccccc12. The smallest absolute Gasteiger partial charge is 0.459 e. The van der Waals surface area contributed by atoms with Crippen LogP contribution >= 0.6 is 7.82 Å². The van der Waals surface area contributed by atoms with Crippen LogP contribution < -0.4 is 10.2 Å². The van der Waals surface area contributed by atoms with Gasteiger partial charge in [-0.1, -0.05) is 18.2 Å². The topological polar surface area (TPSA) is 145 Å². The first kappa shape index (κ1) is 25.6. The van der Waals surface area contributed by atoms with E-state index in [9.17, 15) is 14.2 Å². The second-order valence-electron chi connectivity index (χ2n) is 8.63. The third-order valence-corrected chi connectivity index (χ3v) is 6.25. The number of carbonyl (C=O) groups excluding carboxylic acids is 2. The molecule has 0 fully saturated rings. The fourth-order valence-electron chi connectivity index (χ4n) is 3.92. The Bertz CT molecular complexity index is 1380. The number of phosphoric acid groups is 1. The maximum absolute atomic E-state index is 12.7. The molecular formula is C24H27N4O7P. The van der Waals surface area contributed by atoms with E-state index in [2.05, 4.69) is 14.8 Å². The van der Waals surface area contributed by atoms with Crippen LogP contribution in [0.15, 0.2) is 47.0 Å². The van der Waals surface area contributed by atoms with Gasteiger partial charge in [-0.25, -0.2) is 9.55 Å². The molecule has 0 spiro atoms. The van der Waals surface area contributed by atoms with Gasteiger partial charge in [-0.2, -0.15) is 0 Å². The number of rotatable bonds is 7. The molecule has 0 saturated heterocycles. The predicted molar refractivity (Wildman–Crippen MR) is 134 cm³/mol. The van der Waals surface area contributed by atoms with E-state index in [1.165, 1.54) is 17.2 Å². The van der Waals surface area contributed by atoms with Crippen LogP contribution in [0.3, 0.4) is 0 Å². The van der Waals surface area contributed by atoms with Crippen molar-refractivity contribution in [2.75, 3.05) is 24.0 Å². The van der Waals surface area contributed by atoms with Crippen LogP contribution in [0.5, 0.6) is 0 Å². The molecule has 12 heteroatoms. The predicted octanol–water partition coefficient (Wildman–Crippen LogP) is 3.41. The van der Waals surface area contributed by atoms with E-state index in [0.717, 1.165) is 21.4 Å². The zero-order valence-electron chi connectivity index (χ0n) is 20.0. The van der Waals surface area contributed by atoms with Crippen LogP contribution in [0.25, 0.3) is 17.0 Å². The maximum atomic E-state index is 12.7. The van der Waals surface area contributed by atoms with Crippen LogP contribution in [0.4, 0.5) is 11.5 Å². The first-order chi connectivity index (χ1) is 17.0. The fourth-order valence-corrected chi connectivity index (χ4v) is 4.19. The van der Waals surface area contributed by atoms with Gasteiger partial charge in [0.05, 0.1) is 12.2 Å². The first-order valence-electron chi connectivity index (χ1n) is 11.2. The van der Waals surface area contributed by atoms with Crippen LogP contribution in [0, 0.1) is 6.92 Å². The highest BCUT2D eigenvalue weighted by Gasteiger charge is 2.29. The molecule has 0 aliphatic carbocycles. The Morgan fingerprint density at radius 2 is 2.14 bits per heavy atom. The molecule has 1 atom stereocenters. The summed E-state index contributed by atoms with van der Waals surface area (Å²) in [7, 11) is -3.10. The van der Waals surface area contributed by atoms with Gasteiger partial charge in [0.25, 0.3) is 0 Å². The molecule has 0 radical (unpaired) electrons. The number of phosphoric ester groups is 1. The van der Waals surface area contributed by atoms with E-state index in [-0.39, 0.29) is 24.2 Å². The first-order valence-corrected chi connectivity index (χ1v) is 12.7. The highest BCUT2D eigenvalue weighted by Crippen LogP contribution is 2.38. The molecule has 1 aromatic carbocycles. The summed E-state index contributed by atoms with van der Waals surface area (Å²) >= 11 is 0. The van der Waals surface area contributed by atoms with E-state index in [1.807, 2.05) is 31.2 Å². The minimum atomic E-state index is -4.78. The van der Waals surface area contributed by atoms with Gasteiger partial charge in [-0.15, -0.1) is 0 Å². The van der Waals surface area contributed by atoms with Crippen molar-refractivity contribution in [2.45, 2.75) is 32.9 Å². The summed E-state index contributed by atoms with van der Waals surface area (Å²) in [6.07, 6.45) is 4.56. The molecule has 2 amide bonds. The second-order valence-corrected chi connectivity index (χ2v) is 9.87. The lowest BCUT2D eigenvalue weighted by Crippen LogP contribution is -2.33. The highest BCUT2D eigenvalue weighted by molar-refractivity contribution is 7.46. The zero-order chi connectivity index (χ0) is 26.0. The van der Waals surface area contributed by atoms with Crippen molar-refractivity contribution >= 4 is 48.2 Å². The molecule has 36 heavy (non-hydrogen) atoms. The summed E-state index contributed by atoms with van der Waals surface area (Å²) in [6, 6.07) is 9.16. The van der Waals surface area contributed by atoms with Gasteiger partial charge in [-0.3, -0.25) is 19.0 Å². The fraction of sp³-hybridized carbons (Fsp3) is 0.292. The zero-order valence-corrected chi connectivity index (χ0v) is 20.9. The molecule has 4 rings (SSSR count). The normalized spacial score (nSPS) is 16.2. The van der Waals surface area contributed by atoms with Crippen molar-refractivity contribution in [3.8, 4) is 0 Å². The van der Waals surface area contributed by atoms with Crippen molar-refractivity contribution in [2.24, 2.45) is 0 Å². The van der Waals surface area contributed by atoms with Crippen LogP contribution in [-0.2, 0) is 25.2 Å². The number of hydrogen-bond donors (Lipinski definition) is 3. The number of aryl methyl sites for hydroxylation is 1. The molecular weight excluding hydrogens is 487 g/mol. The Hall–Kier alpha value is -3.50. The van der Waals surface area contributed by atoms with Gasteiger partial charge in [0.1, 0.15) is 18.1 Å². The Labute approximate surface area is 207 Å². The minimum absolute atomic E-state index is 0.0799. The van der Waals surface area contributed by atoms with E-state index < -0.39 is 20.5 Å². The number of pyridine rings is 1. The standard InChI is InChI=1S/C24H27N4O7P/c1-15-10-23(30)28(14-34-36(31,32)33)24-19(26-15)11-17(12-25-24)8-9-22(29)27(3)13-21-16(2)18-6-4-5-7-20(18)35-21/h4-9,11-12,15,26H,10,13-14H2,1-3H3,(H2,31,32,33).